The second-order valence-electron chi connectivity index (χ2n) is 5.66. The van der Waals surface area contributed by atoms with Gasteiger partial charge in [0.2, 0.25) is 0 Å². The Labute approximate surface area is 153 Å². The van der Waals surface area contributed by atoms with Crippen molar-refractivity contribution in [3.63, 3.8) is 0 Å². The fourth-order valence-corrected chi connectivity index (χ4v) is 3.65. The van der Waals surface area contributed by atoms with Crippen molar-refractivity contribution in [2.45, 2.75) is 20.4 Å². The molecule has 0 atom stereocenters. The van der Waals surface area contributed by atoms with E-state index >= 15 is 0 Å². The number of ether oxygens (including phenoxy) is 1. The van der Waals surface area contributed by atoms with Crippen molar-refractivity contribution in [3.05, 3.63) is 57.0 Å². The van der Waals surface area contributed by atoms with E-state index in [4.69, 9.17) is 10.5 Å². The number of benzene rings is 1. The van der Waals surface area contributed by atoms with Gasteiger partial charge < -0.3 is 10.5 Å². The number of hydrogen-bond acceptors (Lipinski definition) is 6. The standard InChI is InChI=1S/C18H17N3O4S/c1-3-25-12-6-4-11(5-7-12)13(22)8-21-9-20-17-14(18(21)24)10(2)15(26-17)16(19)23/h4-7,9H,3,8H2,1-2H3,(H2,19,23). The van der Waals surface area contributed by atoms with E-state index in [1.54, 1.807) is 31.2 Å². The van der Waals surface area contributed by atoms with Gasteiger partial charge in [-0.25, -0.2) is 4.98 Å². The number of nitrogens with two attached hydrogens (primary N) is 1. The summed E-state index contributed by atoms with van der Waals surface area (Å²) in [5.74, 6) is -0.140. The van der Waals surface area contributed by atoms with Crippen molar-refractivity contribution in [1.82, 2.24) is 9.55 Å². The number of hydrogen-bond donors (Lipinski definition) is 1. The van der Waals surface area contributed by atoms with Crippen LogP contribution in [-0.4, -0.2) is 27.8 Å². The molecule has 26 heavy (non-hydrogen) atoms. The van der Waals surface area contributed by atoms with Gasteiger partial charge in [-0.1, -0.05) is 0 Å². The summed E-state index contributed by atoms with van der Waals surface area (Å²) in [4.78, 5) is 41.6. The van der Waals surface area contributed by atoms with E-state index in [1.807, 2.05) is 6.92 Å². The lowest BCUT2D eigenvalue weighted by molar-refractivity contribution is 0.0968. The Morgan fingerprint density at radius 1 is 1.27 bits per heavy atom. The van der Waals surface area contributed by atoms with Crippen LogP contribution < -0.4 is 16.0 Å². The minimum absolute atomic E-state index is 0.142. The summed E-state index contributed by atoms with van der Waals surface area (Å²) in [5.41, 5.74) is 5.93. The van der Waals surface area contributed by atoms with E-state index in [2.05, 4.69) is 4.98 Å². The SMILES string of the molecule is CCOc1ccc(C(=O)Cn2cnc3sc(C(N)=O)c(C)c3c2=O)cc1. The molecule has 7 nitrogen and oxygen atoms in total. The topological polar surface area (TPSA) is 104 Å². The number of amides is 1. The van der Waals surface area contributed by atoms with Gasteiger partial charge in [0.25, 0.3) is 11.5 Å². The average molecular weight is 371 g/mol. The van der Waals surface area contributed by atoms with Crippen LogP contribution in [0.5, 0.6) is 5.75 Å². The minimum Gasteiger partial charge on any atom is -0.494 e. The van der Waals surface area contributed by atoms with Gasteiger partial charge in [0, 0.05) is 5.56 Å². The van der Waals surface area contributed by atoms with Crippen LogP contribution in [-0.2, 0) is 6.54 Å². The highest BCUT2D eigenvalue weighted by molar-refractivity contribution is 7.20. The van der Waals surface area contributed by atoms with Gasteiger partial charge in [-0.05, 0) is 43.7 Å². The van der Waals surface area contributed by atoms with Gasteiger partial charge in [0.15, 0.2) is 5.78 Å². The largest absolute Gasteiger partial charge is 0.494 e. The third kappa shape index (κ3) is 3.23. The number of rotatable bonds is 6. The fraction of sp³-hybridized carbons (Fsp3) is 0.222. The molecule has 0 bridgehead atoms. The maximum Gasteiger partial charge on any atom is 0.262 e. The summed E-state index contributed by atoms with van der Waals surface area (Å²) < 4.78 is 6.59. The first-order valence-electron chi connectivity index (χ1n) is 7.96. The van der Waals surface area contributed by atoms with Crippen molar-refractivity contribution in [2.24, 2.45) is 5.73 Å². The molecule has 2 N–H and O–H groups in total. The highest BCUT2D eigenvalue weighted by atomic mass is 32.1. The number of primary amides is 1. The van der Waals surface area contributed by atoms with Crippen LogP contribution >= 0.6 is 11.3 Å². The molecule has 0 radical (unpaired) electrons. The highest BCUT2D eigenvalue weighted by Crippen LogP contribution is 2.26. The lowest BCUT2D eigenvalue weighted by Gasteiger charge is -2.06. The molecule has 0 unspecified atom stereocenters. The molecule has 8 heteroatoms. The Kier molecular flexibility index (Phi) is 4.85. The van der Waals surface area contributed by atoms with Crippen LogP contribution in [0.25, 0.3) is 10.2 Å². The summed E-state index contributed by atoms with van der Waals surface area (Å²) in [5, 5.41) is 0.325. The Morgan fingerprint density at radius 3 is 2.58 bits per heavy atom. The van der Waals surface area contributed by atoms with Gasteiger partial charge in [-0.3, -0.25) is 19.0 Å². The number of fused-ring (bicyclic) bond motifs is 1. The Bertz CT molecular complexity index is 1050. The number of Topliss-reactive ketones (excluding diaryl/α,β-unsaturated/α-hetero) is 1. The van der Waals surface area contributed by atoms with Crippen molar-refractivity contribution in [1.29, 1.82) is 0 Å². The number of thiophene rings is 1. The number of nitrogens with zero attached hydrogens (tertiary/aromatic N) is 2. The minimum atomic E-state index is -0.595. The molecule has 0 aliphatic rings. The quantitative estimate of drug-likeness (QED) is 0.669. The smallest absolute Gasteiger partial charge is 0.262 e. The molecule has 1 amide bonds. The number of ketones is 1. The lowest BCUT2D eigenvalue weighted by Crippen LogP contribution is -2.24. The van der Waals surface area contributed by atoms with Crippen LogP contribution in [0.2, 0.25) is 0 Å². The van der Waals surface area contributed by atoms with Crippen molar-refractivity contribution in [2.75, 3.05) is 6.61 Å². The van der Waals surface area contributed by atoms with E-state index in [0.29, 0.717) is 38.6 Å². The van der Waals surface area contributed by atoms with Gasteiger partial charge >= 0.3 is 0 Å². The van der Waals surface area contributed by atoms with Crippen molar-refractivity contribution < 1.29 is 14.3 Å². The zero-order valence-electron chi connectivity index (χ0n) is 14.3. The summed E-state index contributed by atoms with van der Waals surface area (Å²) in [6.45, 7) is 3.93. The molecule has 3 aromatic rings. The molecule has 1 aromatic carbocycles. The molecule has 0 saturated carbocycles. The second kappa shape index (κ2) is 7.09. The van der Waals surface area contributed by atoms with E-state index in [1.165, 1.54) is 10.9 Å². The monoisotopic (exact) mass is 371 g/mol. The fourth-order valence-electron chi connectivity index (χ4n) is 2.66. The summed E-state index contributed by atoms with van der Waals surface area (Å²) in [6.07, 6.45) is 1.32. The molecule has 3 rings (SSSR count). The predicted molar refractivity (Wildman–Crippen MR) is 99.1 cm³/mol. The normalized spacial score (nSPS) is 10.8. The Morgan fingerprint density at radius 2 is 1.96 bits per heavy atom. The summed E-state index contributed by atoms with van der Waals surface area (Å²) in [7, 11) is 0. The maximum atomic E-state index is 12.7. The lowest BCUT2D eigenvalue weighted by atomic mass is 10.1. The van der Waals surface area contributed by atoms with E-state index < -0.39 is 5.91 Å². The first-order chi connectivity index (χ1) is 12.4. The Balaban J connectivity index is 1.92. The molecule has 0 aliphatic carbocycles. The third-order valence-corrected chi connectivity index (χ3v) is 5.16. The number of carbonyl (C=O) groups is 2. The van der Waals surface area contributed by atoms with Crippen LogP contribution in [0.15, 0.2) is 35.4 Å². The number of carbonyl (C=O) groups excluding carboxylic acids is 2. The van der Waals surface area contributed by atoms with E-state index in [-0.39, 0.29) is 17.9 Å². The maximum absolute atomic E-state index is 12.7. The van der Waals surface area contributed by atoms with Crippen LogP contribution in [0.4, 0.5) is 0 Å². The molecule has 134 valence electrons. The first kappa shape index (κ1) is 17.8. The van der Waals surface area contributed by atoms with E-state index in [9.17, 15) is 14.4 Å². The van der Waals surface area contributed by atoms with Crippen molar-refractivity contribution in [3.8, 4) is 5.75 Å². The Hall–Kier alpha value is -3.00. The average Bonchev–Trinajstić information content (AvgIpc) is 2.96. The molecule has 2 aromatic heterocycles. The van der Waals surface area contributed by atoms with Crippen LogP contribution in [0.3, 0.4) is 0 Å². The summed E-state index contributed by atoms with van der Waals surface area (Å²) in [6, 6.07) is 6.74. The van der Waals surface area contributed by atoms with Crippen LogP contribution in [0.1, 0.15) is 32.5 Å². The summed E-state index contributed by atoms with van der Waals surface area (Å²) >= 11 is 1.08. The molecule has 2 heterocycles. The van der Waals surface area contributed by atoms with Crippen LogP contribution in [0, 0.1) is 6.92 Å². The third-order valence-electron chi connectivity index (χ3n) is 3.94. The van der Waals surface area contributed by atoms with Gasteiger partial charge in [-0.2, -0.15) is 0 Å². The molecular formula is C18H17N3O4S. The number of aryl methyl sites for hydroxylation is 1. The molecular weight excluding hydrogens is 354 g/mol. The first-order valence-corrected chi connectivity index (χ1v) is 8.78. The van der Waals surface area contributed by atoms with Gasteiger partial charge in [-0.15, -0.1) is 11.3 Å². The van der Waals surface area contributed by atoms with Gasteiger partial charge in [0.05, 0.1) is 29.7 Å². The van der Waals surface area contributed by atoms with E-state index in [0.717, 1.165) is 11.3 Å². The highest BCUT2D eigenvalue weighted by Gasteiger charge is 2.18. The number of aromatic nitrogens is 2. The van der Waals surface area contributed by atoms with Gasteiger partial charge in [0.1, 0.15) is 10.6 Å². The zero-order chi connectivity index (χ0) is 18.8. The predicted octanol–water partition coefficient (Wildman–Crippen LogP) is 2.15. The molecule has 0 saturated heterocycles. The molecule has 0 aliphatic heterocycles. The second-order valence-corrected chi connectivity index (χ2v) is 6.66. The molecule has 0 spiro atoms. The van der Waals surface area contributed by atoms with Crippen molar-refractivity contribution >= 4 is 33.2 Å². The zero-order valence-corrected chi connectivity index (χ0v) is 15.1. The molecule has 0 fully saturated rings.